The van der Waals surface area contributed by atoms with E-state index in [2.05, 4.69) is 0 Å². The van der Waals surface area contributed by atoms with Crippen LogP contribution in [0.15, 0.2) is 81.2 Å². The van der Waals surface area contributed by atoms with Crippen molar-refractivity contribution in [2.75, 3.05) is 7.11 Å². The Morgan fingerprint density at radius 2 is 1.37 bits per heavy atom. The Kier molecular flexibility index (Phi) is 4.79. The minimum absolute atomic E-state index is 0.0896. The van der Waals surface area contributed by atoms with Crippen LogP contribution in [0, 0.1) is 6.92 Å². The van der Waals surface area contributed by atoms with Crippen LogP contribution in [-0.2, 0) is 10.1 Å². The Bertz CT molecular complexity index is 1510. The van der Waals surface area contributed by atoms with Gasteiger partial charge in [-0.05, 0) is 54.1 Å². The van der Waals surface area contributed by atoms with Crippen LogP contribution in [0.4, 0.5) is 0 Å². The summed E-state index contributed by atoms with van der Waals surface area (Å²) in [4.78, 5) is 26.2. The number of aryl methyl sites for hydroxylation is 1. The van der Waals surface area contributed by atoms with Gasteiger partial charge in [0.2, 0.25) is 0 Å². The first-order valence-electron chi connectivity index (χ1n) is 8.99. The van der Waals surface area contributed by atoms with Gasteiger partial charge >= 0.3 is 10.1 Å². The summed E-state index contributed by atoms with van der Waals surface area (Å²) in [6, 6.07) is 17.2. The van der Waals surface area contributed by atoms with Crippen molar-refractivity contribution < 1.29 is 17.4 Å². The number of hydrogen-bond acceptors (Lipinski definition) is 6. The zero-order valence-corrected chi connectivity index (χ0v) is 17.0. The summed E-state index contributed by atoms with van der Waals surface area (Å²) in [6.07, 6.45) is 0. The number of rotatable bonds is 4. The molecule has 1 aromatic heterocycles. The third kappa shape index (κ3) is 3.31. The molecule has 0 aliphatic heterocycles. The second-order valence-electron chi connectivity index (χ2n) is 6.70. The standard InChI is InChI=1S/C22H17NO6S/c1-14-7-10-16(11-8-14)30(26,27)29-23-21(24)19-6-4-3-5-17(19)18-12-9-15(28-2)13-20(18)22(23)25/h3-13H,1-2H3. The second-order valence-corrected chi connectivity index (χ2v) is 8.23. The maximum Gasteiger partial charge on any atom is 0.357 e. The van der Waals surface area contributed by atoms with Crippen molar-refractivity contribution in [2.24, 2.45) is 0 Å². The van der Waals surface area contributed by atoms with Crippen LogP contribution >= 0.6 is 0 Å². The van der Waals surface area contributed by atoms with Crippen LogP contribution < -0.4 is 20.1 Å². The van der Waals surface area contributed by atoms with Crippen LogP contribution in [0.5, 0.6) is 5.75 Å². The Balaban J connectivity index is 2.07. The summed E-state index contributed by atoms with van der Waals surface area (Å²) in [7, 11) is -2.98. The van der Waals surface area contributed by atoms with Crippen molar-refractivity contribution in [1.29, 1.82) is 0 Å². The molecule has 0 atom stereocenters. The summed E-state index contributed by atoms with van der Waals surface area (Å²) >= 11 is 0. The topological polar surface area (TPSA) is 91.7 Å². The van der Waals surface area contributed by atoms with Gasteiger partial charge in [-0.3, -0.25) is 13.9 Å². The van der Waals surface area contributed by atoms with Crippen molar-refractivity contribution in [1.82, 2.24) is 4.73 Å². The molecule has 4 rings (SSSR count). The van der Waals surface area contributed by atoms with E-state index in [0.717, 1.165) is 5.56 Å². The molecule has 0 radical (unpaired) electrons. The van der Waals surface area contributed by atoms with E-state index < -0.39 is 21.2 Å². The fourth-order valence-electron chi connectivity index (χ4n) is 3.19. The van der Waals surface area contributed by atoms with Gasteiger partial charge in [0.25, 0.3) is 11.1 Å². The molecule has 0 unspecified atom stereocenters. The van der Waals surface area contributed by atoms with Gasteiger partial charge in [0.1, 0.15) is 10.6 Å². The molecule has 8 heteroatoms. The van der Waals surface area contributed by atoms with Gasteiger partial charge in [-0.2, -0.15) is 8.42 Å². The van der Waals surface area contributed by atoms with Crippen molar-refractivity contribution >= 4 is 31.7 Å². The highest BCUT2D eigenvalue weighted by Gasteiger charge is 2.21. The first-order valence-corrected chi connectivity index (χ1v) is 10.4. The van der Waals surface area contributed by atoms with Crippen molar-refractivity contribution in [2.45, 2.75) is 11.8 Å². The van der Waals surface area contributed by atoms with E-state index >= 15 is 0 Å². The molecule has 0 aliphatic carbocycles. The quantitative estimate of drug-likeness (QED) is 0.501. The van der Waals surface area contributed by atoms with Gasteiger partial charge < -0.3 is 4.74 Å². The molecule has 30 heavy (non-hydrogen) atoms. The third-order valence-corrected chi connectivity index (χ3v) is 5.95. The molecule has 0 saturated carbocycles. The van der Waals surface area contributed by atoms with Crippen molar-refractivity contribution in [3.63, 3.8) is 0 Å². The van der Waals surface area contributed by atoms with Crippen LogP contribution in [0.2, 0.25) is 0 Å². The first-order chi connectivity index (χ1) is 14.3. The molecular formula is C22H17NO6S. The van der Waals surface area contributed by atoms with E-state index in [-0.39, 0.29) is 15.7 Å². The average Bonchev–Trinajstić information content (AvgIpc) is 2.83. The van der Waals surface area contributed by atoms with Crippen LogP contribution in [-0.4, -0.2) is 20.3 Å². The summed E-state index contributed by atoms with van der Waals surface area (Å²) in [6.45, 7) is 1.81. The number of ether oxygens (including phenoxy) is 1. The zero-order chi connectivity index (χ0) is 21.5. The van der Waals surface area contributed by atoms with Crippen molar-refractivity contribution in [3.05, 3.63) is 93.0 Å². The molecule has 0 spiro atoms. The molecule has 0 amide bonds. The zero-order valence-electron chi connectivity index (χ0n) is 16.2. The van der Waals surface area contributed by atoms with Gasteiger partial charge in [-0.1, -0.05) is 40.6 Å². The maximum absolute atomic E-state index is 13.2. The van der Waals surface area contributed by atoms with E-state index in [1.807, 2.05) is 0 Å². The van der Waals surface area contributed by atoms with Gasteiger partial charge in [0.05, 0.1) is 17.9 Å². The summed E-state index contributed by atoms with van der Waals surface area (Å²) < 4.78 is 36.1. The molecule has 4 aromatic rings. The smallest absolute Gasteiger partial charge is 0.357 e. The Hall–Kier alpha value is -3.65. The monoisotopic (exact) mass is 423 g/mol. The highest BCUT2D eigenvalue weighted by molar-refractivity contribution is 7.87. The van der Waals surface area contributed by atoms with E-state index in [9.17, 15) is 18.0 Å². The third-order valence-electron chi connectivity index (χ3n) is 4.76. The number of aromatic nitrogens is 1. The number of fused-ring (bicyclic) bond motifs is 3. The Labute approximate surface area is 171 Å². The molecular weight excluding hydrogens is 406 g/mol. The maximum atomic E-state index is 13.2. The second kappa shape index (κ2) is 7.31. The Morgan fingerprint density at radius 1 is 0.767 bits per heavy atom. The lowest BCUT2D eigenvalue weighted by Gasteiger charge is -2.07. The molecule has 1 heterocycles. The summed E-state index contributed by atoms with van der Waals surface area (Å²) in [5.74, 6) is 0.385. The molecule has 0 fully saturated rings. The van der Waals surface area contributed by atoms with Crippen LogP contribution in [0.3, 0.4) is 0 Å². The fourth-order valence-corrected chi connectivity index (χ4v) is 4.08. The lowest BCUT2D eigenvalue weighted by molar-refractivity contribution is 0.261. The highest BCUT2D eigenvalue weighted by atomic mass is 32.2. The van der Waals surface area contributed by atoms with E-state index in [1.54, 1.807) is 49.4 Å². The predicted molar refractivity (Wildman–Crippen MR) is 113 cm³/mol. The highest BCUT2D eigenvalue weighted by Crippen LogP contribution is 2.23. The summed E-state index contributed by atoms with van der Waals surface area (Å²) in [5, 5.41) is 1.21. The number of benzene rings is 3. The molecule has 0 N–H and O–H groups in total. The van der Waals surface area contributed by atoms with Crippen molar-refractivity contribution in [3.8, 4) is 5.75 Å². The summed E-state index contributed by atoms with van der Waals surface area (Å²) in [5.41, 5.74) is -0.923. The van der Waals surface area contributed by atoms with Gasteiger partial charge in [0, 0.05) is 0 Å². The van der Waals surface area contributed by atoms with Gasteiger partial charge in [-0.15, -0.1) is 0 Å². The molecule has 0 aliphatic rings. The largest absolute Gasteiger partial charge is 0.497 e. The van der Waals surface area contributed by atoms with Gasteiger partial charge in [0.15, 0.2) is 0 Å². The van der Waals surface area contributed by atoms with E-state index in [1.165, 1.54) is 31.4 Å². The van der Waals surface area contributed by atoms with E-state index in [4.69, 9.17) is 9.02 Å². The molecule has 152 valence electrons. The predicted octanol–water partition coefficient (Wildman–Crippen LogP) is 2.65. The number of hydrogen-bond donors (Lipinski definition) is 0. The number of nitrogens with zero attached hydrogens (tertiary/aromatic N) is 1. The van der Waals surface area contributed by atoms with Crippen LogP contribution in [0.1, 0.15) is 5.56 Å². The lowest BCUT2D eigenvalue weighted by atomic mass is 10.1. The number of methoxy groups -OCH3 is 1. The Morgan fingerprint density at radius 3 is 2.03 bits per heavy atom. The molecule has 3 aromatic carbocycles. The normalized spacial score (nSPS) is 11.5. The average molecular weight is 423 g/mol. The fraction of sp³-hybridized carbons (Fsp3) is 0.0909. The SMILES string of the molecule is COc1ccc2c(c1)c(=O)n(OS(=O)(=O)c1ccc(C)cc1)c(=O)c1ccccc12. The van der Waals surface area contributed by atoms with Gasteiger partial charge in [-0.25, -0.2) is 0 Å². The lowest BCUT2D eigenvalue weighted by Crippen LogP contribution is -2.38. The minimum atomic E-state index is -4.43. The minimum Gasteiger partial charge on any atom is -0.497 e. The molecule has 0 saturated heterocycles. The molecule has 0 bridgehead atoms. The molecule has 7 nitrogen and oxygen atoms in total. The first kappa shape index (κ1) is 19.7. The van der Waals surface area contributed by atoms with Crippen LogP contribution in [0.25, 0.3) is 21.5 Å². The van der Waals surface area contributed by atoms with E-state index in [0.29, 0.717) is 21.3 Å².